The highest BCUT2D eigenvalue weighted by molar-refractivity contribution is 5.76. The number of pyridine rings is 1. The standard InChI is InChI=1S/C19H21F3N2O2/c1-18(2,3)24(11-14-7-5-4-6-8-14)17(26)13-23-12-15(19(20,21)22)9-10-16(23)25/h4-10,12H,11,13H2,1-3H3. The minimum Gasteiger partial charge on any atom is -0.332 e. The van der Waals surface area contributed by atoms with E-state index in [1.54, 1.807) is 4.90 Å². The predicted molar refractivity (Wildman–Crippen MR) is 92.4 cm³/mol. The van der Waals surface area contributed by atoms with Crippen molar-refractivity contribution in [3.05, 3.63) is 70.1 Å². The molecule has 0 atom stereocenters. The number of carbonyl (C=O) groups is 1. The maximum atomic E-state index is 12.9. The zero-order valence-corrected chi connectivity index (χ0v) is 14.9. The number of benzene rings is 1. The van der Waals surface area contributed by atoms with Crippen molar-refractivity contribution in [1.82, 2.24) is 9.47 Å². The molecule has 0 saturated carbocycles. The van der Waals surface area contributed by atoms with Crippen molar-refractivity contribution < 1.29 is 18.0 Å². The van der Waals surface area contributed by atoms with Crippen molar-refractivity contribution in [3.63, 3.8) is 0 Å². The molecule has 0 radical (unpaired) electrons. The Kier molecular flexibility index (Phi) is 5.59. The third-order valence-corrected chi connectivity index (χ3v) is 3.91. The van der Waals surface area contributed by atoms with Gasteiger partial charge in [-0.1, -0.05) is 30.3 Å². The van der Waals surface area contributed by atoms with Crippen molar-refractivity contribution in [1.29, 1.82) is 0 Å². The van der Waals surface area contributed by atoms with Gasteiger partial charge in [0.15, 0.2) is 0 Å². The van der Waals surface area contributed by atoms with Gasteiger partial charge in [-0.2, -0.15) is 13.2 Å². The summed E-state index contributed by atoms with van der Waals surface area (Å²) in [5.74, 6) is -0.428. The van der Waals surface area contributed by atoms with Crippen LogP contribution >= 0.6 is 0 Å². The fourth-order valence-electron chi connectivity index (χ4n) is 2.52. The molecular formula is C19H21F3N2O2. The summed E-state index contributed by atoms with van der Waals surface area (Å²) in [6.07, 6.45) is -3.89. The average Bonchev–Trinajstić information content (AvgIpc) is 2.53. The molecule has 2 rings (SSSR count). The van der Waals surface area contributed by atoms with E-state index in [4.69, 9.17) is 0 Å². The first-order valence-electron chi connectivity index (χ1n) is 8.10. The topological polar surface area (TPSA) is 42.3 Å². The van der Waals surface area contributed by atoms with E-state index in [1.165, 1.54) is 0 Å². The molecule has 0 spiro atoms. The van der Waals surface area contributed by atoms with Gasteiger partial charge >= 0.3 is 6.18 Å². The highest BCUT2D eigenvalue weighted by Crippen LogP contribution is 2.28. The van der Waals surface area contributed by atoms with Crippen LogP contribution in [0, 0.1) is 0 Å². The maximum Gasteiger partial charge on any atom is 0.417 e. The van der Waals surface area contributed by atoms with Crippen LogP contribution in [0.4, 0.5) is 13.2 Å². The summed E-state index contributed by atoms with van der Waals surface area (Å²) in [5.41, 5.74) is -1.28. The van der Waals surface area contributed by atoms with Crippen molar-refractivity contribution in [2.45, 2.75) is 45.6 Å². The molecule has 26 heavy (non-hydrogen) atoms. The molecule has 1 aromatic heterocycles. The second kappa shape index (κ2) is 7.35. The van der Waals surface area contributed by atoms with Crippen molar-refractivity contribution >= 4 is 5.91 Å². The molecule has 0 aliphatic heterocycles. The molecule has 0 bridgehead atoms. The molecule has 0 fully saturated rings. The van der Waals surface area contributed by atoms with Gasteiger partial charge in [-0.3, -0.25) is 9.59 Å². The van der Waals surface area contributed by atoms with Gasteiger partial charge in [0.1, 0.15) is 6.54 Å². The lowest BCUT2D eigenvalue weighted by molar-refractivity contribution is -0.140. The average molecular weight is 366 g/mol. The van der Waals surface area contributed by atoms with Crippen LogP contribution < -0.4 is 5.56 Å². The number of hydrogen-bond acceptors (Lipinski definition) is 2. The SMILES string of the molecule is CC(C)(C)N(Cc1ccccc1)C(=O)Cn1cc(C(F)(F)F)ccc1=O. The zero-order chi connectivity index (χ0) is 19.5. The third kappa shape index (κ3) is 4.97. The first-order chi connectivity index (χ1) is 12.0. The summed E-state index contributed by atoms with van der Waals surface area (Å²) in [6, 6.07) is 10.8. The van der Waals surface area contributed by atoms with Crippen LogP contribution in [0.25, 0.3) is 0 Å². The molecule has 0 aliphatic carbocycles. The first-order valence-corrected chi connectivity index (χ1v) is 8.10. The fourth-order valence-corrected chi connectivity index (χ4v) is 2.52. The van der Waals surface area contributed by atoms with Gasteiger partial charge in [0.05, 0.1) is 5.56 Å². The summed E-state index contributed by atoms with van der Waals surface area (Å²) >= 11 is 0. The van der Waals surface area contributed by atoms with E-state index in [2.05, 4.69) is 0 Å². The van der Waals surface area contributed by atoms with E-state index in [0.717, 1.165) is 22.3 Å². The molecule has 140 valence electrons. The zero-order valence-electron chi connectivity index (χ0n) is 14.9. The lowest BCUT2D eigenvalue weighted by atomic mass is 10.0. The molecule has 0 N–H and O–H groups in total. The van der Waals surface area contributed by atoms with Gasteiger partial charge in [-0.15, -0.1) is 0 Å². The van der Waals surface area contributed by atoms with Crippen LogP contribution in [0.5, 0.6) is 0 Å². The van der Waals surface area contributed by atoms with Crippen LogP contribution in [0.15, 0.2) is 53.5 Å². The number of aromatic nitrogens is 1. The molecule has 1 amide bonds. The Morgan fingerprint density at radius 1 is 1.04 bits per heavy atom. The quantitative estimate of drug-likeness (QED) is 0.828. The number of hydrogen-bond donors (Lipinski definition) is 0. The highest BCUT2D eigenvalue weighted by atomic mass is 19.4. The van der Waals surface area contributed by atoms with E-state index in [0.29, 0.717) is 12.7 Å². The van der Waals surface area contributed by atoms with Crippen molar-refractivity contribution in [2.75, 3.05) is 0 Å². The van der Waals surface area contributed by atoms with E-state index in [9.17, 15) is 22.8 Å². The highest BCUT2D eigenvalue weighted by Gasteiger charge is 2.32. The van der Waals surface area contributed by atoms with Gasteiger partial charge in [0.2, 0.25) is 5.91 Å². The summed E-state index contributed by atoms with van der Waals surface area (Å²) in [7, 11) is 0. The number of carbonyl (C=O) groups excluding carboxylic acids is 1. The van der Waals surface area contributed by atoms with Crippen LogP contribution in [-0.2, 0) is 24.1 Å². The van der Waals surface area contributed by atoms with Gasteiger partial charge in [0, 0.05) is 24.3 Å². The second-order valence-electron chi connectivity index (χ2n) is 7.02. The number of nitrogens with zero attached hydrogens (tertiary/aromatic N) is 2. The molecule has 0 saturated heterocycles. The smallest absolute Gasteiger partial charge is 0.332 e. The van der Waals surface area contributed by atoms with E-state index in [1.807, 2.05) is 51.1 Å². The van der Waals surface area contributed by atoms with Gasteiger partial charge in [0.25, 0.3) is 5.56 Å². The molecule has 7 heteroatoms. The predicted octanol–water partition coefficient (Wildman–Crippen LogP) is 3.69. The summed E-state index contributed by atoms with van der Waals surface area (Å²) in [6.45, 7) is 5.36. The third-order valence-electron chi connectivity index (χ3n) is 3.91. The molecule has 1 heterocycles. The number of amides is 1. The molecule has 1 aromatic carbocycles. The van der Waals surface area contributed by atoms with Gasteiger partial charge in [-0.05, 0) is 32.4 Å². The summed E-state index contributed by atoms with van der Waals surface area (Å²) in [5, 5.41) is 0. The molecule has 0 unspecified atom stereocenters. The second-order valence-corrected chi connectivity index (χ2v) is 7.02. The molecule has 4 nitrogen and oxygen atoms in total. The van der Waals surface area contributed by atoms with Crippen molar-refractivity contribution in [2.24, 2.45) is 0 Å². The minimum absolute atomic E-state index is 0.302. The number of halogens is 3. The number of rotatable bonds is 4. The lowest BCUT2D eigenvalue weighted by Gasteiger charge is -2.36. The van der Waals surface area contributed by atoms with E-state index < -0.39 is 35.3 Å². The summed E-state index contributed by atoms with van der Waals surface area (Å²) < 4.78 is 39.4. The molecular weight excluding hydrogens is 345 g/mol. The molecule has 0 aliphatic rings. The Labute approximate surface area is 149 Å². The van der Waals surface area contributed by atoms with Gasteiger partial charge < -0.3 is 9.47 Å². The molecule has 2 aromatic rings. The Bertz CT molecular complexity index is 821. The van der Waals surface area contributed by atoms with E-state index in [-0.39, 0.29) is 0 Å². The van der Waals surface area contributed by atoms with Crippen LogP contribution in [0.2, 0.25) is 0 Å². The maximum absolute atomic E-state index is 12.9. The van der Waals surface area contributed by atoms with Crippen molar-refractivity contribution in [3.8, 4) is 0 Å². The Hall–Kier alpha value is -2.57. The largest absolute Gasteiger partial charge is 0.417 e. The normalized spacial score (nSPS) is 12.1. The first kappa shape index (κ1) is 19.8. The Balaban J connectivity index is 2.29. The number of alkyl halides is 3. The van der Waals surface area contributed by atoms with Crippen LogP contribution in [0.3, 0.4) is 0 Å². The van der Waals surface area contributed by atoms with Crippen LogP contribution in [-0.4, -0.2) is 20.9 Å². The van der Waals surface area contributed by atoms with Gasteiger partial charge in [-0.25, -0.2) is 0 Å². The minimum atomic E-state index is -4.58. The Morgan fingerprint density at radius 3 is 2.19 bits per heavy atom. The lowest BCUT2D eigenvalue weighted by Crippen LogP contribution is -2.47. The monoisotopic (exact) mass is 366 g/mol. The van der Waals surface area contributed by atoms with E-state index >= 15 is 0 Å². The Morgan fingerprint density at radius 2 is 1.65 bits per heavy atom. The summed E-state index contributed by atoms with van der Waals surface area (Å²) in [4.78, 5) is 26.2. The van der Waals surface area contributed by atoms with Crippen LogP contribution in [0.1, 0.15) is 31.9 Å². The fraction of sp³-hybridized carbons (Fsp3) is 0.368.